The van der Waals surface area contributed by atoms with Gasteiger partial charge in [0.05, 0.1) is 18.1 Å². The van der Waals surface area contributed by atoms with Gasteiger partial charge in [-0.05, 0) is 24.0 Å². The van der Waals surface area contributed by atoms with Gasteiger partial charge in [0, 0.05) is 31.1 Å². The first-order valence-corrected chi connectivity index (χ1v) is 9.78. The molecule has 1 amide bonds. The van der Waals surface area contributed by atoms with Gasteiger partial charge in [-0.2, -0.15) is 0 Å². The molecule has 3 aromatic rings. The smallest absolute Gasteiger partial charge is 0.237 e. The van der Waals surface area contributed by atoms with Crippen molar-refractivity contribution < 1.29 is 4.79 Å². The fourth-order valence-electron chi connectivity index (χ4n) is 3.61. The number of nitrogens with zero attached hydrogens (tertiary/aromatic N) is 2. The topological polar surface area (TPSA) is 72.9 Å². The number of benzene rings is 2. The summed E-state index contributed by atoms with van der Waals surface area (Å²) in [5.74, 6) is -0.111. The Bertz CT molecular complexity index is 916. The molecule has 3 N–H and O–H groups in total. The quantitative estimate of drug-likeness (QED) is 0.637. The lowest BCUT2D eigenvalue weighted by Gasteiger charge is -2.18. The van der Waals surface area contributed by atoms with Crippen molar-refractivity contribution in [2.24, 2.45) is 5.73 Å². The lowest BCUT2D eigenvalue weighted by Crippen LogP contribution is -2.44. The van der Waals surface area contributed by atoms with E-state index >= 15 is 0 Å². The average Bonchev–Trinajstić information content (AvgIpc) is 3.41. The number of imidazole rings is 1. The third-order valence-electron chi connectivity index (χ3n) is 5.50. The van der Waals surface area contributed by atoms with E-state index in [0.717, 1.165) is 25.1 Å². The molecule has 144 valence electrons. The molecule has 2 aromatic carbocycles. The Labute approximate surface area is 165 Å². The summed E-state index contributed by atoms with van der Waals surface area (Å²) in [7, 11) is 0. The fraction of sp³-hybridized carbons (Fsp3) is 0.304. The predicted octanol–water partition coefficient (Wildman–Crippen LogP) is 2.65. The van der Waals surface area contributed by atoms with Crippen molar-refractivity contribution >= 4 is 5.91 Å². The molecule has 0 saturated heterocycles. The minimum absolute atomic E-state index is 0.0912. The van der Waals surface area contributed by atoms with Crippen LogP contribution in [0.4, 0.5) is 0 Å². The lowest BCUT2D eigenvalue weighted by molar-refractivity contribution is -0.122. The molecule has 1 aliphatic rings. The van der Waals surface area contributed by atoms with Gasteiger partial charge in [-0.3, -0.25) is 4.79 Å². The zero-order valence-corrected chi connectivity index (χ0v) is 15.9. The molecule has 1 heterocycles. The summed E-state index contributed by atoms with van der Waals surface area (Å²) in [5, 5.41) is 3.05. The maximum absolute atomic E-state index is 12.5. The molecule has 0 spiro atoms. The highest BCUT2D eigenvalue weighted by Crippen LogP contribution is 2.47. The molecule has 5 nitrogen and oxygen atoms in total. The number of nitrogens with two attached hydrogens (primary N) is 1. The van der Waals surface area contributed by atoms with Crippen LogP contribution in [0.3, 0.4) is 0 Å². The normalized spacial score (nSPS) is 15.8. The highest BCUT2D eigenvalue weighted by Gasteiger charge is 2.44. The second kappa shape index (κ2) is 7.98. The van der Waals surface area contributed by atoms with Crippen LogP contribution in [0.15, 0.2) is 73.2 Å². The summed E-state index contributed by atoms with van der Waals surface area (Å²) in [6.45, 7) is 1.40. The van der Waals surface area contributed by atoms with E-state index in [9.17, 15) is 4.79 Å². The van der Waals surface area contributed by atoms with Crippen LogP contribution in [0, 0.1) is 0 Å². The van der Waals surface area contributed by atoms with Gasteiger partial charge >= 0.3 is 0 Å². The first-order valence-electron chi connectivity index (χ1n) is 9.78. The molecule has 5 heteroatoms. The second-order valence-corrected chi connectivity index (χ2v) is 7.70. The van der Waals surface area contributed by atoms with Gasteiger partial charge in [0.1, 0.15) is 0 Å². The summed E-state index contributed by atoms with van der Waals surface area (Å²) in [4.78, 5) is 16.9. The maximum atomic E-state index is 12.5. The molecule has 1 aliphatic carbocycles. The molecule has 0 unspecified atom stereocenters. The van der Waals surface area contributed by atoms with E-state index in [1.807, 2.05) is 35.0 Å². The zero-order chi connectivity index (χ0) is 19.4. The number of carbonyl (C=O) groups excluding carboxylic acids is 1. The molecule has 1 atom stereocenters. The van der Waals surface area contributed by atoms with E-state index in [1.54, 1.807) is 6.33 Å². The van der Waals surface area contributed by atoms with Crippen LogP contribution in [-0.4, -0.2) is 28.0 Å². The van der Waals surface area contributed by atoms with Crippen molar-refractivity contribution in [3.05, 3.63) is 90.0 Å². The van der Waals surface area contributed by atoms with Crippen molar-refractivity contribution in [1.82, 2.24) is 14.9 Å². The molecule has 0 bridgehead atoms. The summed E-state index contributed by atoms with van der Waals surface area (Å²) >= 11 is 0. The minimum atomic E-state index is -0.591. The van der Waals surface area contributed by atoms with Crippen molar-refractivity contribution in [2.75, 3.05) is 6.54 Å². The number of amides is 1. The van der Waals surface area contributed by atoms with Gasteiger partial charge in [0.15, 0.2) is 0 Å². The first kappa shape index (κ1) is 18.4. The number of carbonyl (C=O) groups is 1. The van der Waals surface area contributed by atoms with Crippen LogP contribution in [0.2, 0.25) is 0 Å². The van der Waals surface area contributed by atoms with Crippen LogP contribution in [-0.2, 0) is 23.2 Å². The Hall–Kier alpha value is -2.92. The summed E-state index contributed by atoms with van der Waals surface area (Å²) in [6.07, 6.45) is 6.41. The molecular weight excluding hydrogens is 348 g/mol. The third-order valence-corrected chi connectivity index (χ3v) is 5.50. The Morgan fingerprint density at radius 3 is 2.46 bits per heavy atom. The molecule has 0 aliphatic heterocycles. The van der Waals surface area contributed by atoms with Crippen molar-refractivity contribution in [1.29, 1.82) is 0 Å². The van der Waals surface area contributed by atoms with Crippen LogP contribution in [0.5, 0.6) is 0 Å². The second-order valence-electron chi connectivity index (χ2n) is 7.70. The summed E-state index contributed by atoms with van der Waals surface area (Å²) < 4.78 is 2.02. The highest BCUT2D eigenvalue weighted by atomic mass is 16.2. The molecular formula is C23H26N4O. The lowest BCUT2D eigenvalue weighted by atomic mass is 9.96. The van der Waals surface area contributed by atoms with Crippen molar-refractivity contribution in [3.63, 3.8) is 0 Å². The van der Waals surface area contributed by atoms with E-state index in [1.165, 1.54) is 11.1 Å². The minimum Gasteiger partial charge on any atom is -0.354 e. The van der Waals surface area contributed by atoms with Gasteiger partial charge in [0.2, 0.25) is 5.91 Å². The molecule has 28 heavy (non-hydrogen) atoms. The number of aromatic nitrogens is 2. The molecule has 4 rings (SSSR count). The molecule has 1 aromatic heterocycles. The van der Waals surface area contributed by atoms with Crippen molar-refractivity contribution in [2.45, 2.75) is 37.3 Å². The molecule has 1 fully saturated rings. The van der Waals surface area contributed by atoms with E-state index in [2.05, 4.69) is 46.7 Å². The Kier molecular flexibility index (Phi) is 5.26. The van der Waals surface area contributed by atoms with Gasteiger partial charge in [-0.15, -0.1) is 0 Å². The number of nitrogens with one attached hydrogen (secondary N) is 1. The van der Waals surface area contributed by atoms with E-state index in [4.69, 9.17) is 5.73 Å². The fourth-order valence-corrected chi connectivity index (χ4v) is 3.61. The molecule has 0 radical (unpaired) electrons. The summed E-state index contributed by atoms with van der Waals surface area (Å²) in [6, 6.07) is 20.0. The number of hydrogen-bond donors (Lipinski definition) is 2. The number of hydrogen-bond acceptors (Lipinski definition) is 3. The first-order chi connectivity index (χ1) is 13.6. The van der Waals surface area contributed by atoms with E-state index in [0.29, 0.717) is 13.0 Å². The largest absolute Gasteiger partial charge is 0.354 e. The molecule has 1 saturated carbocycles. The van der Waals surface area contributed by atoms with Crippen LogP contribution in [0.25, 0.3) is 0 Å². The number of rotatable bonds is 8. The Morgan fingerprint density at radius 1 is 1.11 bits per heavy atom. The van der Waals surface area contributed by atoms with E-state index in [-0.39, 0.29) is 11.3 Å². The predicted molar refractivity (Wildman–Crippen MR) is 110 cm³/mol. The zero-order valence-electron chi connectivity index (χ0n) is 15.9. The van der Waals surface area contributed by atoms with Gasteiger partial charge in [-0.1, -0.05) is 60.7 Å². The average molecular weight is 374 g/mol. The van der Waals surface area contributed by atoms with Crippen LogP contribution >= 0.6 is 0 Å². The van der Waals surface area contributed by atoms with Crippen LogP contribution in [0.1, 0.15) is 29.7 Å². The van der Waals surface area contributed by atoms with Crippen molar-refractivity contribution in [3.8, 4) is 0 Å². The SMILES string of the molecule is N[C@@H](Cc1cn(Cc2ccccc2)cn1)C(=O)NCC1(c2ccccc2)CC1. The van der Waals surface area contributed by atoms with E-state index < -0.39 is 6.04 Å². The third kappa shape index (κ3) is 4.31. The standard InChI is InChI=1S/C23H26N4O/c24-21(13-20-15-27(17-26-20)14-18-7-3-1-4-8-18)22(28)25-16-23(11-12-23)19-9-5-2-6-10-19/h1-10,15,17,21H,11-14,16,24H2,(H,25,28)/t21-/m0/s1. The van der Waals surface area contributed by atoms with Gasteiger partial charge in [0.25, 0.3) is 0 Å². The van der Waals surface area contributed by atoms with Gasteiger partial charge < -0.3 is 15.6 Å². The maximum Gasteiger partial charge on any atom is 0.237 e. The Morgan fingerprint density at radius 2 is 1.79 bits per heavy atom. The van der Waals surface area contributed by atoms with Crippen LogP contribution < -0.4 is 11.1 Å². The Balaban J connectivity index is 1.29. The summed E-state index contributed by atoms with van der Waals surface area (Å²) in [5.41, 5.74) is 9.57. The van der Waals surface area contributed by atoms with Gasteiger partial charge in [-0.25, -0.2) is 4.98 Å². The monoisotopic (exact) mass is 374 g/mol. The highest BCUT2D eigenvalue weighted by molar-refractivity contribution is 5.81.